The van der Waals surface area contributed by atoms with E-state index in [9.17, 15) is 9.18 Å². The van der Waals surface area contributed by atoms with Crippen LogP contribution in [0.4, 0.5) is 4.39 Å². The molecule has 4 heteroatoms. The second-order valence-electron chi connectivity index (χ2n) is 2.99. The normalized spacial score (nSPS) is 30.5. The molecule has 0 aromatic rings. The Morgan fingerprint density at radius 2 is 2.50 bits per heavy atom. The molecule has 1 rings (SSSR count). The zero-order valence-corrected chi connectivity index (χ0v) is 6.79. The first kappa shape index (κ1) is 9.19. The molecule has 1 amide bonds. The minimum absolute atomic E-state index is 0.0249. The van der Waals surface area contributed by atoms with Gasteiger partial charge in [0.15, 0.2) is 5.67 Å². The molecule has 0 spiro atoms. The molecule has 68 valence electrons. The summed E-state index contributed by atoms with van der Waals surface area (Å²) in [6.45, 7) is 3.59. The third-order valence-electron chi connectivity index (χ3n) is 2.03. The number of nitrogens with zero attached hydrogens (tertiary/aromatic N) is 1. The van der Waals surface area contributed by atoms with Crippen molar-refractivity contribution in [2.24, 2.45) is 0 Å². The van der Waals surface area contributed by atoms with E-state index >= 15 is 0 Å². The molecule has 3 nitrogen and oxygen atoms in total. The van der Waals surface area contributed by atoms with Crippen LogP contribution in [0.5, 0.6) is 0 Å². The minimum Gasteiger partial charge on any atom is -0.286 e. The van der Waals surface area contributed by atoms with Gasteiger partial charge in [-0.3, -0.25) is 10.0 Å². The van der Waals surface area contributed by atoms with E-state index in [0.29, 0.717) is 11.5 Å². The van der Waals surface area contributed by atoms with Gasteiger partial charge in [-0.25, -0.2) is 9.45 Å². The smallest absolute Gasteiger partial charge is 0.283 e. The van der Waals surface area contributed by atoms with Gasteiger partial charge in [0, 0.05) is 13.0 Å². The van der Waals surface area contributed by atoms with Crippen molar-refractivity contribution in [3.8, 4) is 0 Å². The molecule has 0 radical (unpaired) electrons. The van der Waals surface area contributed by atoms with Gasteiger partial charge in [0.1, 0.15) is 0 Å². The molecule has 1 heterocycles. The fourth-order valence-electron chi connectivity index (χ4n) is 1.37. The molecule has 0 bridgehead atoms. The standard InChI is InChI=1S/C8H12FNO2/c1-2-4-8(9)5-3-6-10(12)7(8)11/h2,12H,1,3-6H2/t8-/m0/s1. The number of hydrogen-bond acceptors (Lipinski definition) is 2. The lowest BCUT2D eigenvalue weighted by atomic mass is 9.91. The Morgan fingerprint density at radius 3 is 3.08 bits per heavy atom. The highest BCUT2D eigenvalue weighted by Gasteiger charge is 2.43. The van der Waals surface area contributed by atoms with Gasteiger partial charge in [-0.05, 0) is 12.8 Å². The van der Waals surface area contributed by atoms with Crippen molar-refractivity contribution < 1.29 is 14.4 Å². The number of allylic oxidation sites excluding steroid dienone is 1. The highest BCUT2D eigenvalue weighted by molar-refractivity contribution is 5.85. The summed E-state index contributed by atoms with van der Waals surface area (Å²) in [5.41, 5.74) is -1.92. The van der Waals surface area contributed by atoms with Crippen molar-refractivity contribution in [1.82, 2.24) is 5.06 Å². The lowest BCUT2D eigenvalue weighted by molar-refractivity contribution is -0.186. The SMILES string of the molecule is C=CC[C@]1(F)CCCN(O)C1=O. The van der Waals surface area contributed by atoms with Gasteiger partial charge < -0.3 is 0 Å². The van der Waals surface area contributed by atoms with Gasteiger partial charge in [-0.1, -0.05) is 6.08 Å². The first-order valence-electron chi connectivity index (χ1n) is 3.91. The first-order chi connectivity index (χ1) is 5.60. The lowest BCUT2D eigenvalue weighted by Crippen LogP contribution is -2.49. The molecular weight excluding hydrogens is 161 g/mol. The second-order valence-corrected chi connectivity index (χ2v) is 2.99. The Hall–Kier alpha value is -0.900. The predicted molar refractivity (Wildman–Crippen MR) is 41.4 cm³/mol. The second kappa shape index (κ2) is 3.23. The average Bonchev–Trinajstić information content (AvgIpc) is 2.01. The van der Waals surface area contributed by atoms with Crippen LogP contribution in [0.1, 0.15) is 19.3 Å². The van der Waals surface area contributed by atoms with Gasteiger partial charge in [0.2, 0.25) is 0 Å². The molecule has 12 heavy (non-hydrogen) atoms. The molecule has 1 saturated heterocycles. The molecule has 0 unspecified atom stereocenters. The van der Waals surface area contributed by atoms with E-state index in [1.807, 2.05) is 0 Å². The van der Waals surface area contributed by atoms with Crippen molar-refractivity contribution in [2.75, 3.05) is 6.54 Å². The van der Waals surface area contributed by atoms with Crippen LogP contribution in [0.3, 0.4) is 0 Å². The van der Waals surface area contributed by atoms with Crippen LogP contribution in [-0.4, -0.2) is 28.4 Å². The van der Waals surface area contributed by atoms with Crippen LogP contribution in [-0.2, 0) is 4.79 Å². The van der Waals surface area contributed by atoms with E-state index in [-0.39, 0.29) is 19.4 Å². The fraction of sp³-hybridized carbons (Fsp3) is 0.625. The molecule has 0 aliphatic carbocycles. The van der Waals surface area contributed by atoms with E-state index in [0.717, 1.165) is 0 Å². The zero-order chi connectivity index (χ0) is 9.19. The van der Waals surface area contributed by atoms with Crippen molar-refractivity contribution >= 4 is 5.91 Å². The van der Waals surface area contributed by atoms with Crippen LogP contribution in [0.15, 0.2) is 12.7 Å². The largest absolute Gasteiger partial charge is 0.286 e. The minimum atomic E-state index is -1.92. The first-order valence-corrected chi connectivity index (χ1v) is 3.91. The monoisotopic (exact) mass is 173 g/mol. The van der Waals surface area contributed by atoms with E-state index in [1.54, 1.807) is 0 Å². The number of hydroxylamine groups is 2. The maximum absolute atomic E-state index is 13.6. The number of carbonyl (C=O) groups is 1. The van der Waals surface area contributed by atoms with Crippen molar-refractivity contribution in [3.05, 3.63) is 12.7 Å². The summed E-state index contributed by atoms with van der Waals surface area (Å²) in [7, 11) is 0. The summed E-state index contributed by atoms with van der Waals surface area (Å²) in [5.74, 6) is -0.839. The van der Waals surface area contributed by atoms with E-state index in [4.69, 9.17) is 5.21 Å². The van der Waals surface area contributed by atoms with Gasteiger partial charge in [-0.15, -0.1) is 6.58 Å². The maximum Gasteiger partial charge on any atom is 0.283 e. The Labute approximate surface area is 70.4 Å². The lowest BCUT2D eigenvalue weighted by Gasteiger charge is -2.31. The molecule has 0 aromatic heterocycles. The number of amides is 1. The molecule has 1 aliphatic heterocycles. The summed E-state index contributed by atoms with van der Waals surface area (Å²) in [6.07, 6.45) is 2.00. The summed E-state index contributed by atoms with van der Waals surface area (Å²) >= 11 is 0. The number of alkyl halides is 1. The molecule has 1 aliphatic rings. The van der Waals surface area contributed by atoms with Crippen LogP contribution in [0.2, 0.25) is 0 Å². The molecule has 1 N–H and O–H groups in total. The van der Waals surface area contributed by atoms with E-state index < -0.39 is 11.6 Å². The van der Waals surface area contributed by atoms with Crippen LogP contribution in [0, 0.1) is 0 Å². The quantitative estimate of drug-likeness (QED) is 0.504. The molecule has 0 aromatic carbocycles. The molecular formula is C8H12FNO2. The van der Waals surface area contributed by atoms with Crippen LogP contribution < -0.4 is 0 Å². The summed E-state index contributed by atoms with van der Waals surface area (Å²) in [6, 6.07) is 0. The maximum atomic E-state index is 13.6. The average molecular weight is 173 g/mol. The number of halogens is 1. The topological polar surface area (TPSA) is 40.5 Å². The van der Waals surface area contributed by atoms with Crippen molar-refractivity contribution in [1.29, 1.82) is 0 Å². The highest BCUT2D eigenvalue weighted by atomic mass is 19.1. The van der Waals surface area contributed by atoms with Gasteiger partial charge >= 0.3 is 0 Å². The molecule has 1 fully saturated rings. The summed E-state index contributed by atoms with van der Waals surface area (Å²) < 4.78 is 13.6. The highest BCUT2D eigenvalue weighted by Crippen LogP contribution is 2.29. The zero-order valence-electron chi connectivity index (χ0n) is 6.79. The number of rotatable bonds is 2. The summed E-state index contributed by atoms with van der Waals surface area (Å²) in [5, 5.41) is 9.40. The Bertz CT molecular complexity index is 207. The third-order valence-corrected chi connectivity index (χ3v) is 2.03. The van der Waals surface area contributed by atoms with E-state index in [1.165, 1.54) is 6.08 Å². The Morgan fingerprint density at radius 1 is 1.83 bits per heavy atom. The molecule has 1 atom stereocenters. The van der Waals surface area contributed by atoms with Gasteiger partial charge in [0.05, 0.1) is 0 Å². The van der Waals surface area contributed by atoms with Gasteiger partial charge in [0.25, 0.3) is 5.91 Å². The van der Waals surface area contributed by atoms with E-state index in [2.05, 4.69) is 6.58 Å². The van der Waals surface area contributed by atoms with Crippen molar-refractivity contribution in [2.45, 2.75) is 24.9 Å². The number of carbonyl (C=O) groups excluding carboxylic acids is 1. The summed E-state index contributed by atoms with van der Waals surface area (Å²) in [4.78, 5) is 11.1. The predicted octanol–water partition coefficient (Wildman–Crippen LogP) is 1.28. The molecule has 0 saturated carbocycles. The van der Waals surface area contributed by atoms with Gasteiger partial charge in [-0.2, -0.15) is 0 Å². The Balaban J connectivity index is 2.73. The van der Waals surface area contributed by atoms with Crippen LogP contribution in [0.25, 0.3) is 0 Å². The Kier molecular flexibility index (Phi) is 2.47. The van der Waals surface area contributed by atoms with Crippen molar-refractivity contribution in [3.63, 3.8) is 0 Å². The number of piperidine rings is 1. The fourth-order valence-corrected chi connectivity index (χ4v) is 1.37. The third kappa shape index (κ3) is 1.48. The number of hydrogen-bond donors (Lipinski definition) is 1. The van der Waals surface area contributed by atoms with Crippen LogP contribution >= 0.6 is 0 Å².